The van der Waals surface area contributed by atoms with Crippen LogP contribution in [0.1, 0.15) is 37.1 Å². The van der Waals surface area contributed by atoms with E-state index in [1.807, 2.05) is 19.1 Å². The lowest BCUT2D eigenvalue weighted by molar-refractivity contribution is 0.245. The third-order valence-corrected chi connectivity index (χ3v) is 5.11. The van der Waals surface area contributed by atoms with E-state index in [-0.39, 0.29) is 18.4 Å². The molecule has 0 radical (unpaired) electrons. The van der Waals surface area contributed by atoms with Crippen molar-refractivity contribution < 1.29 is 9.13 Å². The second-order valence-corrected chi connectivity index (χ2v) is 7.04. The van der Waals surface area contributed by atoms with Gasteiger partial charge in [-0.05, 0) is 62.7 Å². The first-order valence-corrected chi connectivity index (χ1v) is 10.2. The Labute approximate surface area is 172 Å². The molecular formula is C22H30FN5O. The molecule has 2 aromatic rings. The van der Waals surface area contributed by atoms with E-state index >= 15 is 0 Å². The van der Waals surface area contributed by atoms with Gasteiger partial charge in [0, 0.05) is 19.3 Å². The maximum atomic E-state index is 13.8. The van der Waals surface area contributed by atoms with Gasteiger partial charge in [0.05, 0.1) is 25.4 Å². The SMILES string of the molecule is CCNC(=NCc1ncccc1F)NCC(c1ccc(OC)cc1)N1CCCC1. The Kier molecular flexibility index (Phi) is 7.81. The van der Waals surface area contributed by atoms with E-state index in [2.05, 4.69) is 37.6 Å². The highest BCUT2D eigenvalue weighted by molar-refractivity contribution is 5.79. The van der Waals surface area contributed by atoms with E-state index in [1.165, 1.54) is 24.5 Å². The fourth-order valence-electron chi connectivity index (χ4n) is 3.56. The largest absolute Gasteiger partial charge is 0.497 e. The molecule has 29 heavy (non-hydrogen) atoms. The summed E-state index contributed by atoms with van der Waals surface area (Å²) in [6, 6.07) is 11.5. The quantitative estimate of drug-likeness (QED) is 0.528. The molecule has 2 heterocycles. The van der Waals surface area contributed by atoms with Gasteiger partial charge in [-0.25, -0.2) is 9.38 Å². The van der Waals surface area contributed by atoms with Crippen molar-refractivity contribution in [3.63, 3.8) is 0 Å². The Morgan fingerprint density at radius 3 is 2.62 bits per heavy atom. The summed E-state index contributed by atoms with van der Waals surface area (Å²) in [5, 5.41) is 6.67. The number of aliphatic imine (C=N–C) groups is 1. The summed E-state index contributed by atoms with van der Waals surface area (Å²) in [4.78, 5) is 11.1. The molecule has 0 bridgehead atoms. The van der Waals surface area contributed by atoms with Crippen molar-refractivity contribution in [1.29, 1.82) is 0 Å². The summed E-state index contributed by atoms with van der Waals surface area (Å²) in [5.74, 6) is 1.18. The first-order chi connectivity index (χ1) is 14.2. The highest BCUT2D eigenvalue weighted by Crippen LogP contribution is 2.26. The number of rotatable bonds is 8. The zero-order valence-corrected chi connectivity index (χ0v) is 17.2. The predicted octanol–water partition coefficient (Wildman–Crippen LogP) is 3.12. The number of aromatic nitrogens is 1. The molecule has 1 atom stereocenters. The number of halogens is 1. The molecule has 6 nitrogen and oxygen atoms in total. The van der Waals surface area contributed by atoms with Crippen LogP contribution in [0, 0.1) is 5.82 Å². The predicted molar refractivity (Wildman–Crippen MR) is 114 cm³/mol. The van der Waals surface area contributed by atoms with Crippen LogP contribution in [0.25, 0.3) is 0 Å². The van der Waals surface area contributed by atoms with Crippen LogP contribution in [0.4, 0.5) is 4.39 Å². The van der Waals surface area contributed by atoms with Crippen LogP contribution in [-0.2, 0) is 6.54 Å². The molecule has 7 heteroatoms. The smallest absolute Gasteiger partial charge is 0.191 e. The van der Waals surface area contributed by atoms with Gasteiger partial charge in [0.15, 0.2) is 5.96 Å². The van der Waals surface area contributed by atoms with Gasteiger partial charge in [-0.2, -0.15) is 0 Å². The molecule has 1 aliphatic heterocycles. The lowest BCUT2D eigenvalue weighted by Crippen LogP contribution is -2.42. The molecule has 1 aromatic carbocycles. The van der Waals surface area contributed by atoms with E-state index in [0.29, 0.717) is 18.2 Å². The normalized spacial score (nSPS) is 15.9. The van der Waals surface area contributed by atoms with Crippen LogP contribution in [0.15, 0.2) is 47.6 Å². The molecule has 0 amide bonds. The third kappa shape index (κ3) is 5.90. The number of guanidine groups is 1. The van der Waals surface area contributed by atoms with E-state index in [1.54, 1.807) is 19.4 Å². The van der Waals surface area contributed by atoms with Crippen molar-refractivity contribution in [1.82, 2.24) is 20.5 Å². The fourth-order valence-corrected chi connectivity index (χ4v) is 3.56. The van der Waals surface area contributed by atoms with E-state index in [9.17, 15) is 4.39 Å². The van der Waals surface area contributed by atoms with Crippen molar-refractivity contribution >= 4 is 5.96 Å². The van der Waals surface area contributed by atoms with Gasteiger partial charge in [0.25, 0.3) is 0 Å². The number of hydrogen-bond donors (Lipinski definition) is 2. The maximum Gasteiger partial charge on any atom is 0.191 e. The molecule has 2 N–H and O–H groups in total. The molecule has 1 unspecified atom stereocenters. The Hall–Kier alpha value is -2.67. The van der Waals surface area contributed by atoms with Gasteiger partial charge in [0.1, 0.15) is 11.6 Å². The average Bonchev–Trinajstić information content (AvgIpc) is 3.28. The Balaban J connectivity index is 1.71. The Bertz CT molecular complexity index is 790. The monoisotopic (exact) mass is 399 g/mol. The second kappa shape index (κ2) is 10.8. The summed E-state index contributed by atoms with van der Waals surface area (Å²) >= 11 is 0. The van der Waals surface area contributed by atoms with Gasteiger partial charge >= 0.3 is 0 Å². The standard InChI is InChI=1S/C22H30FN5O/c1-3-24-22(26-15-20-19(23)7-6-12-25-20)27-16-21(28-13-4-5-14-28)17-8-10-18(29-2)11-9-17/h6-12,21H,3-5,13-16H2,1-2H3,(H2,24,26,27). The zero-order valence-electron chi connectivity index (χ0n) is 17.2. The van der Waals surface area contributed by atoms with Gasteiger partial charge in [0.2, 0.25) is 0 Å². The van der Waals surface area contributed by atoms with Crippen LogP contribution in [0.5, 0.6) is 5.75 Å². The molecule has 0 spiro atoms. The van der Waals surface area contributed by atoms with Gasteiger partial charge < -0.3 is 15.4 Å². The van der Waals surface area contributed by atoms with Crippen LogP contribution in [0.2, 0.25) is 0 Å². The van der Waals surface area contributed by atoms with E-state index < -0.39 is 0 Å². The lowest BCUT2D eigenvalue weighted by atomic mass is 10.1. The third-order valence-electron chi connectivity index (χ3n) is 5.11. The van der Waals surface area contributed by atoms with Crippen LogP contribution in [-0.4, -0.2) is 49.1 Å². The fraction of sp³-hybridized carbons (Fsp3) is 0.455. The number of hydrogen-bond acceptors (Lipinski definition) is 4. The van der Waals surface area contributed by atoms with Crippen molar-refractivity contribution in [2.75, 3.05) is 33.3 Å². The molecule has 0 aliphatic carbocycles. The maximum absolute atomic E-state index is 13.8. The number of likely N-dealkylation sites (tertiary alicyclic amines) is 1. The lowest BCUT2D eigenvalue weighted by Gasteiger charge is -2.29. The number of nitrogens with zero attached hydrogens (tertiary/aromatic N) is 3. The molecule has 1 aromatic heterocycles. The van der Waals surface area contributed by atoms with Crippen molar-refractivity contribution in [3.05, 3.63) is 59.7 Å². The molecule has 1 aliphatic rings. The molecular weight excluding hydrogens is 369 g/mol. The Morgan fingerprint density at radius 1 is 1.21 bits per heavy atom. The number of ether oxygens (including phenoxy) is 1. The van der Waals surface area contributed by atoms with Crippen molar-refractivity contribution in [2.45, 2.75) is 32.4 Å². The topological polar surface area (TPSA) is 61.8 Å². The minimum atomic E-state index is -0.333. The molecule has 3 rings (SSSR count). The molecule has 1 saturated heterocycles. The van der Waals surface area contributed by atoms with Crippen LogP contribution >= 0.6 is 0 Å². The summed E-state index contributed by atoms with van der Waals surface area (Å²) in [7, 11) is 1.68. The zero-order chi connectivity index (χ0) is 20.5. The van der Waals surface area contributed by atoms with Gasteiger partial charge in [-0.15, -0.1) is 0 Å². The number of pyridine rings is 1. The average molecular weight is 400 g/mol. The summed E-state index contributed by atoms with van der Waals surface area (Å²) in [6.45, 7) is 5.83. The van der Waals surface area contributed by atoms with E-state index in [0.717, 1.165) is 25.4 Å². The van der Waals surface area contributed by atoms with Crippen molar-refractivity contribution in [3.8, 4) is 5.75 Å². The highest BCUT2D eigenvalue weighted by atomic mass is 19.1. The highest BCUT2D eigenvalue weighted by Gasteiger charge is 2.23. The molecule has 1 fully saturated rings. The second-order valence-electron chi connectivity index (χ2n) is 7.04. The van der Waals surface area contributed by atoms with Gasteiger partial charge in [-0.1, -0.05) is 12.1 Å². The first kappa shape index (κ1) is 21.0. The number of benzene rings is 1. The Morgan fingerprint density at radius 2 is 1.97 bits per heavy atom. The minimum Gasteiger partial charge on any atom is -0.497 e. The summed E-state index contributed by atoms with van der Waals surface area (Å²) in [6.07, 6.45) is 4.03. The summed E-state index contributed by atoms with van der Waals surface area (Å²) < 4.78 is 19.1. The van der Waals surface area contributed by atoms with Gasteiger partial charge in [-0.3, -0.25) is 9.88 Å². The molecule has 0 saturated carbocycles. The van der Waals surface area contributed by atoms with E-state index in [4.69, 9.17) is 4.74 Å². The minimum absolute atomic E-state index is 0.193. The first-order valence-electron chi connectivity index (χ1n) is 10.2. The number of methoxy groups -OCH3 is 1. The van der Waals surface area contributed by atoms with Crippen LogP contribution < -0.4 is 15.4 Å². The summed E-state index contributed by atoms with van der Waals surface area (Å²) in [5.41, 5.74) is 1.59. The van der Waals surface area contributed by atoms with Crippen molar-refractivity contribution in [2.24, 2.45) is 4.99 Å². The van der Waals surface area contributed by atoms with Crippen LogP contribution in [0.3, 0.4) is 0 Å². The number of nitrogens with one attached hydrogen (secondary N) is 2. The molecule has 156 valence electrons.